The van der Waals surface area contributed by atoms with E-state index >= 15 is 0 Å². The molecule has 2 aliphatic heterocycles. The standard InChI is InChI=1S/C28H18N2O4S3/c1-15-3-7-17(8-4-15)35-37-36-18-9-5-16(6-10-18)30-27(33)21-13-11-19-23-20(26(32)29(2)25(19)31)12-14-22(24(21)23)28(30)34/h3-14H,1-2H3. The Kier molecular flexibility index (Phi) is 5.86. The highest BCUT2D eigenvalue weighted by Gasteiger charge is 2.39. The fourth-order valence-corrected chi connectivity index (χ4v) is 8.22. The van der Waals surface area contributed by atoms with Crippen LogP contribution >= 0.6 is 31.4 Å². The predicted molar refractivity (Wildman–Crippen MR) is 148 cm³/mol. The van der Waals surface area contributed by atoms with Gasteiger partial charge in [0.25, 0.3) is 23.6 Å². The quantitative estimate of drug-likeness (QED) is 0.207. The summed E-state index contributed by atoms with van der Waals surface area (Å²) in [5.74, 6) is -1.86. The number of anilines is 1. The number of amides is 4. The lowest BCUT2D eigenvalue weighted by molar-refractivity contribution is 0.0649. The van der Waals surface area contributed by atoms with Gasteiger partial charge in [0, 0.05) is 49.9 Å². The van der Waals surface area contributed by atoms with Gasteiger partial charge in [-0.05, 0) is 99.0 Å². The molecule has 37 heavy (non-hydrogen) atoms. The number of carbonyl (C=O) groups excluding carboxylic acids is 4. The molecule has 0 N–H and O–H groups in total. The summed E-state index contributed by atoms with van der Waals surface area (Å²) >= 11 is 0. The molecule has 0 saturated carbocycles. The number of carbonyl (C=O) groups is 4. The highest BCUT2D eigenvalue weighted by molar-refractivity contribution is 9.09. The average Bonchev–Trinajstić information content (AvgIpc) is 2.91. The van der Waals surface area contributed by atoms with Gasteiger partial charge in [-0.3, -0.25) is 24.1 Å². The van der Waals surface area contributed by atoms with Crippen LogP contribution in [0.3, 0.4) is 0 Å². The molecule has 0 spiro atoms. The number of aryl methyl sites for hydroxylation is 1. The zero-order valence-corrected chi connectivity index (χ0v) is 22.1. The molecule has 0 bridgehead atoms. The zero-order valence-electron chi connectivity index (χ0n) is 19.7. The minimum atomic E-state index is -0.482. The van der Waals surface area contributed by atoms with Gasteiger partial charge in [0.2, 0.25) is 0 Å². The van der Waals surface area contributed by atoms with E-state index in [2.05, 4.69) is 31.2 Å². The Bertz CT molecular complexity index is 1580. The second kappa shape index (κ2) is 9.09. The van der Waals surface area contributed by atoms with Gasteiger partial charge in [0.05, 0.1) is 5.69 Å². The van der Waals surface area contributed by atoms with Crippen molar-refractivity contribution in [1.82, 2.24) is 4.90 Å². The van der Waals surface area contributed by atoms with Gasteiger partial charge in [-0.2, -0.15) is 0 Å². The minimum Gasteiger partial charge on any atom is -0.277 e. The summed E-state index contributed by atoms with van der Waals surface area (Å²) < 4.78 is 0. The Morgan fingerprint density at radius 1 is 0.541 bits per heavy atom. The fraction of sp³-hybridized carbons (Fsp3) is 0.0714. The van der Waals surface area contributed by atoms with E-state index in [0.29, 0.717) is 38.7 Å². The zero-order chi connectivity index (χ0) is 25.8. The summed E-state index contributed by atoms with van der Waals surface area (Å²) in [7, 11) is 6.32. The van der Waals surface area contributed by atoms with Crippen molar-refractivity contribution in [2.75, 3.05) is 11.9 Å². The smallest absolute Gasteiger partial charge is 0.265 e. The van der Waals surface area contributed by atoms with Crippen LogP contribution in [-0.4, -0.2) is 35.6 Å². The number of nitrogens with zero attached hydrogens (tertiary/aromatic N) is 2. The summed E-state index contributed by atoms with van der Waals surface area (Å²) in [5, 5.41) is 0.743. The highest BCUT2D eigenvalue weighted by Crippen LogP contribution is 2.45. The fourth-order valence-electron chi connectivity index (χ4n) is 4.57. The summed E-state index contributed by atoms with van der Waals surface area (Å²) in [6.07, 6.45) is 0. The maximum atomic E-state index is 13.5. The molecule has 0 fully saturated rings. The van der Waals surface area contributed by atoms with E-state index < -0.39 is 23.6 Å². The monoisotopic (exact) mass is 542 g/mol. The number of hydrogen-bond donors (Lipinski definition) is 0. The summed E-state index contributed by atoms with van der Waals surface area (Å²) in [5.41, 5.74) is 2.90. The molecule has 0 saturated heterocycles. The van der Waals surface area contributed by atoms with Gasteiger partial charge in [-0.25, -0.2) is 4.90 Å². The molecule has 4 aromatic rings. The molecule has 2 aliphatic rings. The van der Waals surface area contributed by atoms with Crippen LogP contribution in [0.2, 0.25) is 0 Å². The minimum absolute atomic E-state index is 0.295. The van der Waals surface area contributed by atoms with Crippen molar-refractivity contribution >= 4 is 71.5 Å². The Hall–Kier alpha value is -3.53. The van der Waals surface area contributed by atoms with E-state index in [1.54, 1.807) is 67.8 Å². The van der Waals surface area contributed by atoms with Crippen molar-refractivity contribution in [3.63, 3.8) is 0 Å². The van der Waals surface area contributed by atoms with Crippen LogP contribution < -0.4 is 4.90 Å². The largest absolute Gasteiger partial charge is 0.277 e. The second-order valence-corrected chi connectivity index (χ2v) is 12.8. The van der Waals surface area contributed by atoms with Crippen LogP contribution in [-0.2, 0) is 0 Å². The van der Waals surface area contributed by atoms with Crippen molar-refractivity contribution in [3.8, 4) is 0 Å². The van der Waals surface area contributed by atoms with Crippen LogP contribution in [0.4, 0.5) is 5.69 Å². The number of imide groups is 2. The Labute approximate surface area is 224 Å². The lowest BCUT2D eigenvalue weighted by Crippen LogP contribution is -2.42. The number of rotatable bonds is 5. The van der Waals surface area contributed by atoms with Crippen molar-refractivity contribution in [3.05, 3.63) is 101 Å². The molecule has 6 nitrogen and oxygen atoms in total. The Balaban J connectivity index is 1.28. The first-order chi connectivity index (χ1) is 17.8. The van der Waals surface area contributed by atoms with Gasteiger partial charge < -0.3 is 0 Å². The third kappa shape index (κ3) is 3.85. The normalized spacial score (nSPS) is 14.6. The molecule has 9 heteroatoms. The molecule has 0 atom stereocenters. The van der Waals surface area contributed by atoms with Crippen LogP contribution in [0.15, 0.2) is 82.6 Å². The van der Waals surface area contributed by atoms with E-state index in [4.69, 9.17) is 0 Å². The first-order valence-electron chi connectivity index (χ1n) is 11.3. The number of benzene rings is 4. The van der Waals surface area contributed by atoms with Gasteiger partial charge in [0.15, 0.2) is 0 Å². The van der Waals surface area contributed by atoms with E-state index in [1.165, 1.54) is 12.6 Å². The van der Waals surface area contributed by atoms with Crippen LogP contribution in [0, 0.1) is 6.92 Å². The summed E-state index contributed by atoms with van der Waals surface area (Å²) in [4.78, 5) is 56.8. The third-order valence-electron chi connectivity index (χ3n) is 6.47. The summed E-state index contributed by atoms with van der Waals surface area (Å²) in [6, 6.07) is 21.9. The summed E-state index contributed by atoms with van der Waals surface area (Å²) in [6.45, 7) is 2.06. The average molecular weight is 543 g/mol. The topological polar surface area (TPSA) is 74.8 Å². The molecule has 182 valence electrons. The molecule has 0 unspecified atom stereocenters. The molecule has 4 aromatic carbocycles. The predicted octanol–water partition coefficient (Wildman–Crippen LogP) is 6.62. The highest BCUT2D eigenvalue weighted by atomic mass is 33.5. The first kappa shape index (κ1) is 23.8. The third-order valence-corrected chi connectivity index (χ3v) is 10.3. The van der Waals surface area contributed by atoms with Gasteiger partial charge in [0.1, 0.15) is 0 Å². The second-order valence-electron chi connectivity index (χ2n) is 8.73. The van der Waals surface area contributed by atoms with E-state index in [-0.39, 0.29) is 0 Å². The molecule has 4 amide bonds. The van der Waals surface area contributed by atoms with E-state index in [9.17, 15) is 19.2 Å². The molecular formula is C28H18N2O4S3. The van der Waals surface area contributed by atoms with E-state index in [0.717, 1.165) is 19.6 Å². The van der Waals surface area contributed by atoms with Crippen LogP contribution in [0.5, 0.6) is 0 Å². The van der Waals surface area contributed by atoms with Crippen LogP contribution in [0.25, 0.3) is 10.8 Å². The van der Waals surface area contributed by atoms with Crippen LogP contribution in [0.1, 0.15) is 47.0 Å². The molecule has 2 heterocycles. The van der Waals surface area contributed by atoms with E-state index in [1.807, 2.05) is 12.1 Å². The lowest BCUT2D eigenvalue weighted by Gasteiger charge is -2.30. The molecule has 0 aliphatic carbocycles. The number of hydrogen-bond acceptors (Lipinski definition) is 7. The van der Waals surface area contributed by atoms with Crippen molar-refractivity contribution in [2.45, 2.75) is 16.7 Å². The van der Waals surface area contributed by atoms with Gasteiger partial charge in [-0.1, -0.05) is 17.7 Å². The Morgan fingerprint density at radius 3 is 1.41 bits per heavy atom. The van der Waals surface area contributed by atoms with Crippen molar-refractivity contribution < 1.29 is 19.2 Å². The molecular weight excluding hydrogens is 525 g/mol. The van der Waals surface area contributed by atoms with Gasteiger partial charge in [-0.15, -0.1) is 0 Å². The molecule has 0 radical (unpaired) electrons. The molecule has 6 rings (SSSR count). The van der Waals surface area contributed by atoms with Gasteiger partial charge >= 0.3 is 0 Å². The SMILES string of the molecule is Cc1ccc(SSSc2ccc(N3C(=O)c4ccc5c6c(ccc(c46)C3=O)C(=O)N(C)C5=O)cc2)cc1. The van der Waals surface area contributed by atoms with Crippen molar-refractivity contribution in [2.24, 2.45) is 0 Å². The lowest BCUT2D eigenvalue weighted by atomic mass is 9.86. The first-order valence-corrected chi connectivity index (χ1v) is 14.8. The van der Waals surface area contributed by atoms with Crippen molar-refractivity contribution in [1.29, 1.82) is 0 Å². The maximum Gasteiger partial charge on any atom is 0.265 e. The molecule has 0 aromatic heterocycles. The maximum absolute atomic E-state index is 13.5. The Morgan fingerprint density at radius 2 is 0.946 bits per heavy atom.